The second-order valence-corrected chi connectivity index (χ2v) is 10.8. The quantitative estimate of drug-likeness (QED) is 0.357. The topological polar surface area (TPSA) is 74.7 Å². The maximum absolute atomic E-state index is 14.3. The van der Waals surface area contributed by atoms with Crippen molar-refractivity contribution in [1.29, 1.82) is 0 Å². The van der Waals surface area contributed by atoms with Crippen LogP contribution in [0.1, 0.15) is 85.4 Å². The smallest absolute Gasteiger partial charge is 0.325 e. The van der Waals surface area contributed by atoms with Gasteiger partial charge in [0.05, 0.1) is 6.10 Å². The molecule has 8 heteroatoms. The monoisotopic (exact) mass is 513 g/mol. The van der Waals surface area contributed by atoms with E-state index in [1.54, 1.807) is 12.1 Å². The summed E-state index contributed by atoms with van der Waals surface area (Å²) < 4.78 is 34.6. The van der Waals surface area contributed by atoms with Crippen LogP contribution in [0.15, 0.2) is 30.3 Å². The number of fused-ring (bicyclic) bond motifs is 1. The highest BCUT2D eigenvalue weighted by Gasteiger charge is 2.43. The molecule has 1 atom stereocenters. The summed E-state index contributed by atoms with van der Waals surface area (Å²) in [5, 5.41) is 13.4. The molecule has 0 spiro atoms. The molecule has 1 saturated heterocycles. The fourth-order valence-electron chi connectivity index (χ4n) is 5.65. The lowest BCUT2D eigenvalue weighted by atomic mass is 9.88. The van der Waals surface area contributed by atoms with Gasteiger partial charge in [-0.3, -0.25) is 9.69 Å². The molecule has 1 aliphatic carbocycles. The van der Waals surface area contributed by atoms with Gasteiger partial charge in [-0.25, -0.2) is 13.8 Å². The van der Waals surface area contributed by atoms with Gasteiger partial charge in [0.25, 0.3) is 5.92 Å². The predicted octanol–water partition coefficient (Wildman–Crippen LogP) is 5.67. The molecule has 2 N–H and O–H groups in total. The minimum Gasteiger partial charge on any atom is -0.480 e. The summed E-state index contributed by atoms with van der Waals surface area (Å²) in [6, 6.07) is 8.12. The Morgan fingerprint density at radius 2 is 2.03 bits per heavy atom. The van der Waals surface area contributed by atoms with Crippen LogP contribution in [0.3, 0.4) is 0 Å². The number of alkyl halides is 2. The molecular formula is C29H37F2N3O3. The highest BCUT2D eigenvalue weighted by Crippen LogP contribution is 2.49. The Morgan fingerprint density at radius 1 is 1.22 bits per heavy atom. The van der Waals surface area contributed by atoms with Crippen molar-refractivity contribution in [2.75, 3.05) is 31.6 Å². The zero-order valence-electron chi connectivity index (χ0n) is 21.5. The van der Waals surface area contributed by atoms with Crippen LogP contribution < -0.4 is 5.32 Å². The Hall–Kier alpha value is -2.58. The second-order valence-electron chi connectivity index (χ2n) is 10.8. The van der Waals surface area contributed by atoms with Crippen LogP contribution in [0.5, 0.6) is 0 Å². The Kier molecular flexibility index (Phi) is 7.77. The number of aryl methyl sites for hydroxylation is 2. The van der Waals surface area contributed by atoms with Crippen LogP contribution in [0.25, 0.3) is 0 Å². The molecule has 3 aliphatic rings. The van der Waals surface area contributed by atoms with Crippen molar-refractivity contribution >= 4 is 11.8 Å². The fraction of sp³-hybridized carbons (Fsp3) is 0.586. The summed E-state index contributed by atoms with van der Waals surface area (Å²) in [7, 11) is 0. The molecule has 5 rings (SSSR count). The number of carbonyl (C=O) groups is 1. The maximum atomic E-state index is 14.3. The summed E-state index contributed by atoms with van der Waals surface area (Å²) in [5.41, 5.74) is 3.45. The number of unbranched alkanes of at least 4 members (excludes halogenated alkanes) is 2. The van der Waals surface area contributed by atoms with Gasteiger partial charge in [-0.05, 0) is 73.6 Å². The number of carboxylic acids is 1. The van der Waals surface area contributed by atoms with E-state index in [0.29, 0.717) is 30.8 Å². The molecule has 1 aromatic carbocycles. The van der Waals surface area contributed by atoms with E-state index in [2.05, 4.69) is 17.4 Å². The van der Waals surface area contributed by atoms with Crippen molar-refractivity contribution in [2.45, 2.75) is 82.3 Å². The molecule has 1 aromatic heterocycles. The molecule has 2 fully saturated rings. The first-order valence-electron chi connectivity index (χ1n) is 13.6. The number of likely N-dealkylation sites (tertiary alicyclic amines) is 1. The minimum atomic E-state index is -3.00. The molecule has 2 aromatic rings. The molecule has 2 aliphatic heterocycles. The highest BCUT2D eigenvalue weighted by molar-refractivity contribution is 5.77. The van der Waals surface area contributed by atoms with E-state index >= 15 is 0 Å². The zero-order valence-corrected chi connectivity index (χ0v) is 21.5. The maximum Gasteiger partial charge on any atom is 0.325 e. The zero-order chi connectivity index (χ0) is 26.0. The lowest BCUT2D eigenvalue weighted by Crippen LogP contribution is -2.55. The van der Waals surface area contributed by atoms with Gasteiger partial charge in [0.1, 0.15) is 11.9 Å². The van der Waals surface area contributed by atoms with Gasteiger partial charge in [0.15, 0.2) is 0 Å². The van der Waals surface area contributed by atoms with Gasteiger partial charge in [-0.15, -0.1) is 0 Å². The SMILES string of the molecule is CC(F)(F)c1cccc(C(C(=O)O)N2CC(OCCCCCc3ccc4c(n3)NCCC4)C2)c1C1CC1. The Balaban J connectivity index is 1.08. The first kappa shape index (κ1) is 26.0. The third-order valence-corrected chi connectivity index (χ3v) is 7.75. The number of hydrogen-bond donors (Lipinski definition) is 2. The van der Waals surface area contributed by atoms with Gasteiger partial charge in [-0.1, -0.05) is 30.7 Å². The summed E-state index contributed by atoms with van der Waals surface area (Å²) in [5.74, 6) is -2.92. The second kappa shape index (κ2) is 11.0. The first-order chi connectivity index (χ1) is 17.8. The molecule has 200 valence electrons. The van der Waals surface area contributed by atoms with Crippen molar-refractivity contribution in [3.8, 4) is 0 Å². The molecule has 0 amide bonds. The predicted molar refractivity (Wildman–Crippen MR) is 138 cm³/mol. The van der Waals surface area contributed by atoms with Crippen LogP contribution in [0.4, 0.5) is 14.6 Å². The normalized spacial score (nSPS) is 19.1. The number of aromatic nitrogens is 1. The van der Waals surface area contributed by atoms with Gasteiger partial charge in [0, 0.05) is 44.4 Å². The number of pyridine rings is 1. The van der Waals surface area contributed by atoms with Crippen molar-refractivity contribution in [1.82, 2.24) is 9.88 Å². The Morgan fingerprint density at radius 3 is 2.76 bits per heavy atom. The largest absolute Gasteiger partial charge is 0.480 e. The van der Waals surface area contributed by atoms with Crippen LogP contribution in [-0.4, -0.2) is 53.3 Å². The highest BCUT2D eigenvalue weighted by atomic mass is 19.3. The molecule has 3 heterocycles. The van der Waals surface area contributed by atoms with E-state index in [4.69, 9.17) is 9.72 Å². The summed E-state index contributed by atoms with van der Waals surface area (Å²) in [4.78, 5) is 18.8. The number of rotatable bonds is 12. The van der Waals surface area contributed by atoms with Gasteiger partial charge >= 0.3 is 5.97 Å². The number of ether oxygens (including phenoxy) is 1. The average molecular weight is 514 g/mol. The Labute approximate surface area is 217 Å². The summed E-state index contributed by atoms with van der Waals surface area (Å²) in [6.45, 7) is 3.53. The van der Waals surface area contributed by atoms with Gasteiger partial charge in [-0.2, -0.15) is 0 Å². The average Bonchev–Trinajstić information content (AvgIpc) is 3.68. The minimum absolute atomic E-state index is 0.0181. The molecule has 1 saturated carbocycles. The van der Waals surface area contributed by atoms with E-state index in [1.807, 2.05) is 4.90 Å². The van der Waals surface area contributed by atoms with Crippen LogP contribution in [-0.2, 0) is 28.3 Å². The third kappa shape index (κ3) is 6.12. The van der Waals surface area contributed by atoms with Crippen LogP contribution in [0, 0.1) is 0 Å². The number of hydrogen-bond acceptors (Lipinski definition) is 5. The molecule has 1 unspecified atom stereocenters. The fourth-order valence-corrected chi connectivity index (χ4v) is 5.65. The third-order valence-electron chi connectivity index (χ3n) is 7.75. The van der Waals surface area contributed by atoms with Crippen molar-refractivity contribution in [2.24, 2.45) is 0 Å². The number of anilines is 1. The Bertz CT molecular complexity index is 1110. The van der Waals surface area contributed by atoms with Crippen molar-refractivity contribution in [3.63, 3.8) is 0 Å². The standard InChI is InChI=1S/C29H37F2N3O3/c1-29(30,31)24-10-5-9-23(25(24)19-11-12-19)26(28(35)36)34-17-22(18-34)37-16-4-2-3-8-21-14-13-20-7-6-15-32-27(20)33-21/h5,9-10,13-14,19,22,26H,2-4,6-8,11-12,15-18H2,1H3,(H,32,33)(H,35,36). The summed E-state index contributed by atoms with van der Waals surface area (Å²) in [6.07, 6.45) is 7.90. The van der Waals surface area contributed by atoms with Crippen molar-refractivity contribution < 1.29 is 23.4 Å². The number of nitrogens with one attached hydrogen (secondary N) is 1. The summed E-state index contributed by atoms with van der Waals surface area (Å²) >= 11 is 0. The number of aliphatic carboxylic acids is 1. The first-order valence-corrected chi connectivity index (χ1v) is 13.6. The number of carboxylic acid groups (broad SMARTS) is 1. The number of benzene rings is 1. The van der Waals surface area contributed by atoms with Gasteiger partial charge < -0.3 is 15.2 Å². The van der Waals surface area contributed by atoms with E-state index in [9.17, 15) is 18.7 Å². The van der Waals surface area contributed by atoms with Crippen LogP contribution >= 0.6 is 0 Å². The lowest BCUT2D eigenvalue weighted by Gasteiger charge is -2.43. The molecule has 6 nitrogen and oxygen atoms in total. The van der Waals surface area contributed by atoms with Crippen LogP contribution in [0.2, 0.25) is 0 Å². The van der Waals surface area contributed by atoms with Gasteiger partial charge in [0.2, 0.25) is 0 Å². The van der Waals surface area contributed by atoms with Crippen molar-refractivity contribution in [3.05, 3.63) is 58.3 Å². The van der Waals surface area contributed by atoms with E-state index in [0.717, 1.165) is 76.3 Å². The molecule has 0 bridgehead atoms. The van der Waals surface area contributed by atoms with E-state index in [-0.39, 0.29) is 17.6 Å². The molecular weight excluding hydrogens is 476 g/mol. The lowest BCUT2D eigenvalue weighted by molar-refractivity contribution is -0.151. The van der Waals surface area contributed by atoms with E-state index < -0.39 is 17.9 Å². The number of halogens is 2. The molecule has 0 radical (unpaired) electrons. The molecule has 37 heavy (non-hydrogen) atoms. The number of nitrogens with zero attached hydrogens (tertiary/aromatic N) is 2. The van der Waals surface area contributed by atoms with E-state index in [1.165, 1.54) is 11.6 Å².